The van der Waals surface area contributed by atoms with E-state index in [1.165, 1.54) is 7.11 Å². The Hall–Kier alpha value is -1.59. The summed E-state index contributed by atoms with van der Waals surface area (Å²) >= 11 is 0. The maximum absolute atomic E-state index is 11.2. The quantitative estimate of drug-likeness (QED) is 0.546. The van der Waals surface area contributed by atoms with Gasteiger partial charge in [-0.3, -0.25) is 9.59 Å². The van der Waals surface area contributed by atoms with Crippen LogP contribution in [0.1, 0.15) is 27.2 Å². The molecule has 6 nitrogen and oxygen atoms in total. The molecule has 0 bridgehead atoms. The van der Waals surface area contributed by atoms with Crippen molar-refractivity contribution >= 4 is 17.8 Å². The fourth-order valence-corrected chi connectivity index (χ4v) is 0.777. The SMILES string of the molecule is COC(=O)CCNC(=O)C(=O)OC(C)(C)C. The van der Waals surface area contributed by atoms with E-state index in [4.69, 9.17) is 4.74 Å². The molecule has 0 aromatic carbocycles. The zero-order valence-electron chi connectivity index (χ0n) is 9.96. The minimum Gasteiger partial charge on any atom is -0.469 e. The third-order valence-corrected chi connectivity index (χ3v) is 1.43. The van der Waals surface area contributed by atoms with Gasteiger partial charge in [-0.25, -0.2) is 4.79 Å². The fraction of sp³-hybridized carbons (Fsp3) is 0.700. The first-order chi connectivity index (χ1) is 7.26. The lowest BCUT2D eigenvalue weighted by Gasteiger charge is -2.18. The average Bonchev–Trinajstić information content (AvgIpc) is 2.14. The third-order valence-electron chi connectivity index (χ3n) is 1.43. The molecule has 0 radical (unpaired) electrons. The molecule has 0 spiro atoms. The summed E-state index contributed by atoms with van der Waals surface area (Å²) in [7, 11) is 1.25. The molecule has 0 aromatic heterocycles. The van der Waals surface area contributed by atoms with Gasteiger partial charge in [-0.05, 0) is 20.8 Å². The van der Waals surface area contributed by atoms with Crippen molar-refractivity contribution in [2.75, 3.05) is 13.7 Å². The van der Waals surface area contributed by atoms with E-state index in [1.807, 2.05) is 0 Å². The van der Waals surface area contributed by atoms with E-state index in [1.54, 1.807) is 20.8 Å². The monoisotopic (exact) mass is 231 g/mol. The number of carbonyl (C=O) groups is 3. The van der Waals surface area contributed by atoms with E-state index in [-0.39, 0.29) is 13.0 Å². The van der Waals surface area contributed by atoms with E-state index in [9.17, 15) is 14.4 Å². The number of nitrogens with one attached hydrogen (secondary N) is 1. The Bertz CT molecular complexity index is 279. The number of rotatable bonds is 3. The van der Waals surface area contributed by atoms with Crippen molar-refractivity contribution in [1.29, 1.82) is 0 Å². The molecular weight excluding hydrogens is 214 g/mol. The van der Waals surface area contributed by atoms with E-state index in [2.05, 4.69) is 10.1 Å². The van der Waals surface area contributed by atoms with Crippen LogP contribution in [0, 0.1) is 0 Å². The van der Waals surface area contributed by atoms with Crippen LogP contribution in [0.25, 0.3) is 0 Å². The van der Waals surface area contributed by atoms with Gasteiger partial charge < -0.3 is 14.8 Å². The van der Waals surface area contributed by atoms with Crippen LogP contribution in [0.4, 0.5) is 0 Å². The summed E-state index contributed by atoms with van der Waals surface area (Å²) in [5.41, 5.74) is -0.712. The average molecular weight is 231 g/mol. The molecule has 0 unspecified atom stereocenters. The van der Waals surface area contributed by atoms with E-state index in [0.29, 0.717) is 0 Å². The van der Waals surface area contributed by atoms with Crippen LogP contribution in [0.2, 0.25) is 0 Å². The van der Waals surface area contributed by atoms with Gasteiger partial charge in [-0.15, -0.1) is 0 Å². The highest BCUT2D eigenvalue weighted by Gasteiger charge is 2.22. The summed E-state index contributed by atoms with van der Waals surface area (Å²) in [5, 5.41) is 2.26. The first-order valence-electron chi connectivity index (χ1n) is 4.84. The van der Waals surface area contributed by atoms with Crippen LogP contribution in [-0.2, 0) is 23.9 Å². The maximum Gasteiger partial charge on any atom is 0.397 e. The number of hydrogen-bond acceptors (Lipinski definition) is 5. The van der Waals surface area contributed by atoms with Crippen molar-refractivity contribution in [3.63, 3.8) is 0 Å². The van der Waals surface area contributed by atoms with Gasteiger partial charge in [-0.2, -0.15) is 0 Å². The Morgan fingerprint density at radius 1 is 1.19 bits per heavy atom. The van der Waals surface area contributed by atoms with Crippen LogP contribution in [-0.4, -0.2) is 37.1 Å². The molecule has 0 saturated carbocycles. The lowest BCUT2D eigenvalue weighted by molar-refractivity contribution is -0.163. The van der Waals surface area contributed by atoms with Gasteiger partial charge in [0.05, 0.1) is 13.5 Å². The Balaban J connectivity index is 3.90. The molecule has 0 fully saturated rings. The molecule has 0 rings (SSSR count). The molecule has 0 saturated heterocycles. The van der Waals surface area contributed by atoms with Crippen molar-refractivity contribution in [3.05, 3.63) is 0 Å². The molecular formula is C10H17NO5. The van der Waals surface area contributed by atoms with Crippen LogP contribution < -0.4 is 5.32 Å². The molecule has 6 heteroatoms. The second kappa shape index (κ2) is 6.09. The highest BCUT2D eigenvalue weighted by atomic mass is 16.6. The summed E-state index contributed by atoms with van der Waals surface area (Å²) in [6.07, 6.45) is 0.0189. The van der Waals surface area contributed by atoms with Gasteiger partial charge in [0, 0.05) is 6.54 Å². The topological polar surface area (TPSA) is 81.7 Å². The Kier molecular flexibility index (Phi) is 5.49. The second-order valence-corrected chi connectivity index (χ2v) is 4.08. The molecule has 16 heavy (non-hydrogen) atoms. The normalized spacial score (nSPS) is 10.5. The van der Waals surface area contributed by atoms with Crippen molar-refractivity contribution < 1.29 is 23.9 Å². The minimum atomic E-state index is -0.961. The summed E-state index contributed by atoms with van der Waals surface area (Å²) < 4.78 is 9.18. The maximum atomic E-state index is 11.2. The van der Waals surface area contributed by atoms with E-state index >= 15 is 0 Å². The van der Waals surface area contributed by atoms with Gasteiger partial charge in [-0.1, -0.05) is 0 Å². The van der Waals surface area contributed by atoms with Crippen LogP contribution >= 0.6 is 0 Å². The third kappa shape index (κ3) is 6.80. The Labute approximate surface area is 94.3 Å². The molecule has 0 aliphatic rings. The lowest BCUT2D eigenvalue weighted by Crippen LogP contribution is -2.37. The van der Waals surface area contributed by atoms with Crippen LogP contribution in [0.3, 0.4) is 0 Å². The van der Waals surface area contributed by atoms with Gasteiger partial charge in [0.1, 0.15) is 5.60 Å². The highest BCUT2D eigenvalue weighted by molar-refractivity contribution is 6.32. The minimum absolute atomic E-state index is 0.0189. The largest absolute Gasteiger partial charge is 0.469 e. The van der Waals surface area contributed by atoms with Crippen molar-refractivity contribution in [3.8, 4) is 0 Å². The number of esters is 2. The van der Waals surface area contributed by atoms with Crippen molar-refractivity contribution in [2.45, 2.75) is 32.8 Å². The molecule has 0 aromatic rings. The fourth-order valence-electron chi connectivity index (χ4n) is 0.777. The molecule has 0 atom stereocenters. The second-order valence-electron chi connectivity index (χ2n) is 4.08. The number of ether oxygens (including phenoxy) is 2. The first kappa shape index (κ1) is 14.4. The molecule has 92 valence electrons. The zero-order valence-corrected chi connectivity index (χ0v) is 9.96. The number of amides is 1. The standard InChI is InChI=1S/C10H17NO5/c1-10(2,3)16-9(14)8(13)11-6-5-7(12)15-4/h5-6H2,1-4H3,(H,11,13). The van der Waals surface area contributed by atoms with Crippen molar-refractivity contribution in [1.82, 2.24) is 5.32 Å². The van der Waals surface area contributed by atoms with Crippen LogP contribution in [0.5, 0.6) is 0 Å². The number of methoxy groups -OCH3 is 1. The lowest BCUT2D eigenvalue weighted by atomic mass is 10.2. The summed E-state index contributed by atoms with van der Waals surface area (Å²) in [6, 6.07) is 0. The van der Waals surface area contributed by atoms with Gasteiger partial charge in [0.2, 0.25) is 0 Å². The predicted octanol–water partition coefficient (Wildman–Crippen LogP) is 0.00740. The summed E-state index contributed by atoms with van der Waals surface area (Å²) in [6.45, 7) is 5.02. The molecule has 0 aliphatic heterocycles. The van der Waals surface area contributed by atoms with Crippen LogP contribution in [0.15, 0.2) is 0 Å². The smallest absolute Gasteiger partial charge is 0.397 e. The van der Waals surface area contributed by atoms with Crippen molar-refractivity contribution in [2.24, 2.45) is 0 Å². The van der Waals surface area contributed by atoms with Gasteiger partial charge in [0.15, 0.2) is 0 Å². The molecule has 0 aliphatic carbocycles. The summed E-state index contributed by atoms with van der Waals surface area (Å²) in [5.74, 6) is -2.28. The number of hydrogen-bond donors (Lipinski definition) is 1. The Morgan fingerprint density at radius 3 is 2.19 bits per heavy atom. The highest BCUT2D eigenvalue weighted by Crippen LogP contribution is 2.06. The molecule has 1 N–H and O–H groups in total. The summed E-state index contributed by atoms with van der Waals surface area (Å²) in [4.78, 5) is 33.0. The molecule has 1 amide bonds. The first-order valence-corrected chi connectivity index (χ1v) is 4.84. The van der Waals surface area contributed by atoms with E-state index < -0.39 is 23.4 Å². The predicted molar refractivity (Wildman–Crippen MR) is 55.5 cm³/mol. The number of carbonyl (C=O) groups excluding carboxylic acids is 3. The molecule has 0 heterocycles. The zero-order chi connectivity index (χ0) is 12.8. The van der Waals surface area contributed by atoms with Gasteiger partial charge >= 0.3 is 17.8 Å². The van der Waals surface area contributed by atoms with E-state index in [0.717, 1.165) is 0 Å². The Morgan fingerprint density at radius 2 is 1.75 bits per heavy atom. The van der Waals surface area contributed by atoms with Gasteiger partial charge in [0.25, 0.3) is 0 Å².